The molecule has 2 heteroatoms. The van der Waals surface area contributed by atoms with Crippen LogP contribution >= 0.6 is 0 Å². The van der Waals surface area contributed by atoms with Crippen molar-refractivity contribution in [3.8, 4) is 5.75 Å². The standard InChI is InChI=1S/C12H15NO/c1-2-10(13)12-8-7-9-5-3-4-6-11(9)14-12/h2-6,10,12H,1,7-8,13H2. The Bertz CT molecular complexity index is 335. The third kappa shape index (κ3) is 1.66. The monoisotopic (exact) mass is 189 g/mol. The zero-order valence-electron chi connectivity index (χ0n) is 8.15. The van der Waals surface area contributed by atoms with Crippen molar-refractivity contribution in [2.75, 3.05) is 0 Å². The lowest BCUT2D eigenvalue weighted by atomic mass is 9.98. The number of ether oxygens (including phenoxy) is 1. The maximum atomic E-state index is 5.86. The van der Waals surface area contributed by atoms with Gasteiger partial charge in [-0.1, -0.05) is 24.3 Å². The van der Waals surface area contributed by atoms with Crippen molar-refractivity contribution in [2.45, 2.75) is 25.0 Å². The molecule has 1 heterocycles. The first-order valence-electron chi connectivity index (χ1n) is 4.94. The van der Waals surface area contributed by atoms with E-state index in [1.54, 1.807) is 6.08 Å². The van der Waals surface area contributed by atoms with Crippen LogP contribution in [-0.4, -0.2) is 12.1 Å². The number of para-hydroxylation sites is 1. The Morgan fingerprint density at radius 2 is 2.29 bits per heavy atom. The summed E-state index contributed by atoms with van der Waals surface area (Å²) >= 11 is 0. The highest BCUT2D eigenvalue weighted by Gasteiger charge is 2.22. The molecule has 0 saturated heterocycles. The van der Waals surface area contributed by atoms with Gasteiger partial charge in [0.25, 0.3) is 0 Å². The molecule has 0 bridgehead atoms. The predicted octanol–water partition coefficient (Wildman–Crippen LogP) is 1.89. The molecule has 2 rings (SSSR count). The fraction of sp³-hybridized carbons (Fsp3) is 0.333. The van der Waals surface area contributed by atoms with Gasteiger partial charge in [0.05, 0.1) is 6.04 Å². The summed E-state index contributed by atoms with van der Waals surface area (Å²) in [7, 11) is 0. The number of rotatable bonds is 2. The van der Waals surface area contributed by atoms with E-state index in [-0.39, 0.29) is 12.1 Å². The summed E-state index contributed by atoms with van der Waals surface area (Å²) in [5.41, 5.74) is 7.14. The number of aryl methyl sites for hydroxylation is 1. The van der Waals surface area contributed by atoms with Crippen LogP contribution < -0.4 is 10.5 Å². The molecule has 2 N–H and O–H groups in total. The molecule has 74 valence electrons. The Morgan fingerprint density at radius 3 is 3.07 bits per heavy atom. The van der Waals surface area contributed by atoms with Crippen molar-refractivity contribution in [3.63, 3.8) is 0 Å². The number of fused-ring (bicyclic) bond motifs is 1. The van der Waals surface area contributed by atoms with E-state index in [0.717, 1.165) is 18.6 Å². The van der Waals surface area contributed by atoms with Crippen LogP contribution in [0.3, 0.4) is 0 Å². The smallest absolute Gasteiger partial charge is 0.123 e. The van der Waals surface area contributed by atoms with Crippen LogP contribution in [0.5, 0.6) is 5.75 Å². The minimum Gasteiger partial charge on any atom is -0.488 e. The van der Waals surface area contributed by atoms with Crippen molar-refractivity contribution < 1.29 is 4.74 Å². The number of hydrogen-bond donors (Lipinski definition) is 1. The van der Waals surface area contributed by atoms with E-state index in [0.29, 0.717) is 0 Å². The van der Waals surface area contributed by atoms with Crippen LogP contribution in [0.4, 0.5) is 0 Å². The van der Waals surface area contributed by atoms with Crippen LogP contribution in [0.1, 0.15) is 12.0 Å². The van der Waals surface area contributed by atoms with E-state index in [1.165, 1.54) is 5.56 Å². The van der Waals surface area contributed by atoms with Gasteiger partial charge in [-0.3, -0.25) is 0 Å². The molecule has 1 aromatic rings. The first kappa shape index (κ1) is 9.28. The van der Waals surface area contributed by atoms with Gasteiger partial charge in [0, 0.05) is 0 Å². The summed E-state index contributed by atoms with van der Waals surface area (Å²) in [6.45, 7) is 3.69. The number of benzene rings is 1. The van der Waals surface area contributed by atoms with E-state index >= 15 is 0 Å². The Hall–Kier alpha value is -1.28. The Labute approximate surface area is 84.4 Å². The van der Waals surface area contributed by atoms with Crippen LogP contribution in [0.2, 0.25) is 0 Å². The normalized spacial score (nSPS) is 21.9. The van der Waals surface area contributed by atoms with Gasteiger partial charge in [-0.15, -0.1) is 6.58 Å². The molecule has 14 heavy (non-hydrogen) atoms. The lowest BCUT2D eigenvalue weighted by Gasteiger charge is -2.28. The molecule has 0 aromatic heterocycles. The average molecular weight is 189 g/mol. The Balaban J connectivity index is 2.17. The van der Waals surface area contributed by atoms with Crippen LogP contribution in [0, 0.1) is 0 Å². The summed E-state index contributed by atoms with van der Waals surface area (Å²) in [6.07, 6.45) is 3.85. The summed E-state index contributed by atoms with van der Waals surface area (Å²) < 4.78 is 5.79. The summed E-state index contributed by atoms with van der Waals surface area (Å²) in [6, 6.07) is 8.06. The Morgan fingerprint density at radius 1 is 1.50 bits per heavy atom. The highest BCUT2D eigenvalue weighted by molar-refractivity contribution is 5.35. The van der Waals surface area contributed by atoms with E-state index < -0.39 is 0 Å². The third-order valence-electron chi connectivity index (χ3n) is 2.65. The van der Waals surface area contributed by atoms with Crippen molar-refractivity contribution in [2.24, 2.45) is 5.73 Å². The van der Waals surface area contributed by atoms with Gasteiger partial charge in [0.15, 0.2) is 0 Å². The molecule has 0 radical (unpaired) electrons. The highest BCUT2D eigenvalue weighted by atomic mass is 16.5. The molecule has 1 aliphatic rings. The fourth-order valence-electron chi connectivity index (χ4n) is 1.77. The van der Waals surface area contributed by atoms with Gasteiger partial charge >= 0.3 is 0 Å². The molecule has 1 aromatic carbocycles. The summed E-state index contributed by atoms with van der Waals surface area (Å²) in [5, 5.41) is 0. The van der Waals surface area contributed by atoms with Gasteiger partial charge in [-0.25, -0.2) is 0 Å². The highest BCUT2D eigenvalue weighted by Crippen LogP contribution is 2.27. The maximum Gasteiger partial charge on any atom is 0.123 e. The molecular formula is C12H15NO. The minimum atomic E-state index is -0.0663. The molecule has 0 saturated carbocycles. The van der Waals surface area contributed by atoms with Crippen molar-refractivity contribution in [1.29, 1.82) is 0 Å². The molecule has 0 spiro atoms. The van der Waals surface area contributed by atoms with Crippen molar-refractivity contribution in [1.82, 2.24) is 0 Å². The molecule has 0 aliphatic carbocycles. The van der Waals surface area contributed by atoms with Gasteiger partial charge in [0.2, 0.25) is 0 Å². The maximum absolute atomic E-state index is 5.86. The zero-order chi connectivity index (χ0) is 9.97. The molecular weight excluding hydrogens is 174 g/mol. The minimum absolute atomic E-state index is 0.0663. The Kier molecular flexibility index (Phi) is 2.55. The zero-order valence-corrected chi connectivity index (χ0v) is 8.15. The second-order valence-corrected chi connectivity index (χ2v) is 3.62. The topological polar surface area (TPSA) is 35.2 Å². The molecule has 2 nitrogen and oxygen atoms in total. The quantitative estimate of drug-likeness (QED) is 0.721. The van der Waals surface area contributed by atoms with Crippen molar-refractivity contribution in [3.05, 3.63) is 42.5 Å². The van der Waals surface area contributed by atoms with Crippen molar-refractivity contribution >= 4 is 0 Å². The number of hydrogen-bond acceptors (Lipinski definition) is 2. The molecule has 2 unspecified atom stereocenters. The molecule has 1 aliphatic heterocycles. The summed E-state index contributed by atoms with van der Waals surface area (Å²) in [4.78, 5) is 0. The van der Waals surface area contributed by atoms with E-state index in [4.69, 9.17) is 10.5 Å². The first-order valence-corrected chi connectivity index (χ1v) is 4.94. The van der Waals surface area contributed by atoms with Gasteiger partial charge in [0.1, 0.15) is 11.9 Å². The second-order valence-electron chi connectivity index (χ2n) is 3.62. The SMILES string of the molecule is C=CC(N)C1CCc2ccccc2O1. The largest absolute Gasteiger partial charge is 0.488 e. The molecule has 0 amide bonds. The molecule has 2 atom stereocenters. The first-order chi connectivity index (χ1) is 6.81. The third-order valence-corrected chi connectivity index (χ3v) is 2.65. The lowest BCUT2D eigenvalue weighted by Crippen LogP contribution is -2.39. The van der Waals surface area contributed by atoms with Gasteiger partial charge in [-0.05, 0) is 24.5 Å². The van der Waals surface area contributed by atoms with Crippen LogP contribution in [0.15, 0.2) is 36.9 Å². The van der Waals surface area contributed by atoms with E-state index in [1.807, 2.05) is 18.2 Å². The van der Waals surface area contributed by atoms with E-state index in [9.17, 15) is 0 Å². The van der Waals surface area contributed by atoms with Gasteiger partial charge in [-0.2, -0.15) is 0 Å². The fourth-order valence-corrected chi connectivity index (χ4v) is 1.77. The van der Waals surface area contributed by atoms with Crippen LogP contribution in [-0.2, 0) is 6.42 Å². The van der Waals surface area contributed by atoms with E-state index in [2.05, 4.69) is 12.6 Å². The molecule has 0 fully saturated rings. The summed E-state index contributed by atoms with van der Waals surface area (Å²) in [5.74, 6) is 0.973. The number of nitrogens with two attached hydrogens (primary N) is 1. The predicted molar refractivity (Wildman–Crippen MR) is 57.4 cm³/mol. The average Bonchev–Trinajstić information content (AvgIpc) is 2.27. The second kappa shape index (κ2) is 3.84. The van der Waals surface area contributed by atoms with Gasteiger partial charge < -0.3 is 10.5 Å². The van der Waals surface area contributed by atoms with Crippen LogP contribution in [0.25, 0.3) is 0 Å². The lowest BCUT2D eigenvalue weighted by molar-refractivity contribution is 0.160.